The van der Waals surface area contributed by atoms with E-state index in [1.54, 1.807) is 6.07 Å². The number of benzene rings is 2. The van der Waals surface area contributed by atoms with E-state index in [1.165, 1.54) is 11.8 Å². The Labute approximate surface area is 166 Å². The lowest BCUT2D eigenvalue weighted by Crippen LogP contribution is -2.32. The van der Waals surface area contributed by atoms with Crippen molar-refractivity contribution in [3.05, 3.63) is 60.0 Å². The second-order valence-corrected chi connectivity index (χ2v) is 7.83. The second kappa shape index (κ2) is 7.52. The Kier molecular flexibility index (Phi) is 4.92. The molecule has 0 unspecified atom stereocenters. The summed E-state index contributed by atoms with van der Waals surface area (Å²) in [7, 11) is 0. The van der Waals surface area contributed by atoms with Gasteiger partial charge in [-0.2, -0.15) is 0 Å². The van der Waals surface area contributed by atoms with E-state index in [0.717, 1.165) is 27.6 Å². The van der Waals surface area contributed by atoms with Gasteiger partial charge < -0.3 is 15.1 Å². The van der Waals surface area contributed by atoms with Gasteiger partial charge in [-0.05, 0) is 44.2 Å². The number of aryl methyl sites for hydroxylation is 2. The van der Waals surface area contributed by atoms with Crippen LogP contribution in [-0.4, -0.2) is 22.0 Å². The van der Waals surface area contributed by atoms with E-state index in [-0.39, 0.29) is 18.2 Å². The Hall–Kier alpha value is -3.06. The number of thioether (sulfide) groups is 1. The summed E-state index contributed by atoms with van der Waals surface area (Å²) in [6, 6.07) is 14.9. The Morgan fingerprint density at radius 3 is 2.82 bits per heavy atom. The van der Waals surface area contributed by atoms with Crippen LogP contribution in [0.25, 0.3) is 11.5 Å². The predicted molar refractivity (Wildman–Crippen MR) is 109 cm³/mol. The van der Waals surface area contributed by atoms with E-state index in [4.69, 9.17) is 4.42 Å². The molecule has 1 atom stereocenters. The van der Waals surface area contributed by atoms with Gasteiger partial charge in [0.25, 0.3) is 0 Å². The first kappa shape index (κ1) is 18.3. The first-order valence-corrected chi connectivity index (χ1v) is 9.78. The third kappa shape index (κ3) is 3.80. The molecule has 4 rings (SSSR count). The molecule has 6 nitrogen and oxygen atoms in total. The van der Waals surface area contributed by atoms with Gasteiger partial charge in [-0.3, -0.25) is 9.59 Å². The highest BCUT2D eigenvalue weighted by molar-refractivity contribution is 8.01. The highest BCUT2D eigenvalue weighted by atomic mass is 32.2. The third-order valence-electron chi connectivity index (χ3n) is 4.50. The number of anilines is 2. The number of carbonyl (C=O) groups excluding carboxylic acids is 2. The van der Waals surface area contributed by atoms with Crippen LogP contribution in [-0.2, 0) is 9.59 Å². The average Bonchev–Trinajstić information content (AvgIpc) is 3.01. The summed E-state index contributed by atoms with van der Waals surface area (Å²) in [5, 5.41) is 5.26. The largest absolute Gasteiger partial charge is 0.441 e. The molecule has 0 spiro atoms. The molecular formula is C21H19N3O3S. The molecule has 0 saturated carbocycles. The lowest BCUT2D eigenvalue weighted by molar-refractivity contribution is -0.120. The molecule has 0 radical (unpaired) electrons. The molecule has 2 heterocycles. The van der Waals surface area contributed by atoms with Gasteiger partial charge >= 0.3 is 0 Å². The van der Waals surface area contributed by atoms with Gasteiger partial charge in [-0.1, -0.05) is 18.2 Å². The second-order valence-electron chi connectivity index (χ2n) is 6.59. The number of hydrogen-bond acceptors (Lipinski definition) is 5. The van der Waals surface area contributed by atoms with E-state index in [2.05, 4.69) is 15.6 Å². The highest BCUT2D eigenvalue weighted by Gasteiger charge is 2.28. The lowest BCUT2D eigenvalue weighted by atomic mass is 10.2. The van der Waals surface area contributed by atoms with E-state index in [1.807, 2.05) is 56.3 Å². The standard InChI is InChI=1S/C21H19N3O3S/c1-12-13(2)27-21(22-12)14-6-5-7-15(10-14)23-19(25)11-18-20(26)24-16-8-3-4-9-17(16)28-18/h3-10,18H,11H2,1-2H3,(H,23,25)(H,24,26)/t18-/m1/s1. The van der Waals surface area contributed by atoms with Crippen molar-refractivity contribution in [3.8, 4) is 11.5 Å². The van der Waals surface area contributed by atoms with Gasteiger partial charge in [0.15, 0.2) is 0 Å². The van der Waals surface area contributed by atoms with Crippen molar-refractivity contribution in [2.45, 2.75) is 30.4 Å². The van der Waals surface area contributed by atoms with Crippen LogP contribution in [0.2, 0.25) is 0 Å². The number of aromatic nitrogens is 1. The van der Waals surface area contributed by atoms with Crippen LogP contribution in [0.5, 0.6) is 0 Å². The van der Waals surface area contributed by atoms with Gasteiger partial charge in [0, 0.05) is 22.6 Å². The van der Waals surface area contributed by atoms with E-state index >= 15 is 0 Å². The summed E-state index contributed by atoms with van der Waals surface area (Å²) in [4.78, 5) is 30.1. The minimum atomic E-state index is -0.463. The summed E-state index contributed by atoms with van der Waals surface area (Å²) < 4.78 is 5.65. The number of rotatable bonds is 4. The number of nitrogens with one attached hydrogen (secondary N) is 2. The zero-order valence-corrected chi connectivity index (χ0v) is 16.3. The molecule has 3 aromatic rings. The SMILES string of the molecule is Cc1nc(-c2cccc(NC(=O)C[C@H]3Sc4ccccc4NC3=O)c2)oc1C. The third-order valence-corrected chi connectivity index (χ3v) is 5.77. The summed E-state index contributed by atoms with van der Waals surface area (Å²) in [5.74, 6) is 0.914. The number of carbonyl (C=O) groups is 2. The molecule has 0 fully saturated rings. The van der Waals surface area contributed by atoms with E-state index in [0.29, 0.717) is 11.6 Å². The Morgan fingerprint density at radius 2 is 2.04 bits per heavy atom. The van der Waals surface area contributed by atoms with Gasteiger partial charge in [-0.15, -0.1) is 11.8 Å². The zero-order valence-electron chi connectivity index (χ0n) is 15.5. The smallest absolute Gasteiger partial charge is 0.238 e. The summed E-state index contributed by atoms with van der Waals surface area (Å²) >= 11 is 1.41. The van der Waals surface area contributed by atoms with Gasteiger partial charge in [0.05, 0.1) is 16.6 Å². The van der Waals surface area contributed by atoms with Gasteiger partial charge in [0.1, 0.15) is 5.76 Å². The molecule has 1 aliphatic heterocycles. The van der Waals surface area contributed by atoms with E-state index in [9.17, 15) is 9.59 Å². The van der Waals surface area contributed by atoms with Crippen molar-refractivity contribution >= 4 is 35.0 Å². The molecule has 1 aromatic heterocycles. The molecule has 7 heteroatoms. The zero-order chi connectivity index (χ0) is 19.7. The minimum Gasteiger partial charge on any atom is -0.441 e. The normalized spacial score (nSPS) is 15.6. The van der Waals surface area contributed by atoms with Crippen LogP contribution in [0.4, 0.5) is 11.4 Å². The molecule has 2 amide bonds. The molecular weight excluding hydrogens is 374 g/mol. The summed E-state index contributed by atoms with van der Waals surface area (Å²) in [6.45, 7) is 3.75. The van der Waals surface area contributed by atoms with Crippen molar-refractivity contribution in [1.29, 1.82) is 0 Å². The Balaban J connectivity index is 1.44. The predicted octanol–water partition coefficient (Wildman–Crippen LogP) is 4.40. The monoisotopic (exact) mass is 393 g/mol. The van der Waals surface area contributed by atoms with Gasteiger partial charge in [0.2, 0.25) is 17.7 Å². The number of hydrogen-bond donors (Lipinski definition) is 2. The van der Waals surface area contributed by atoms with Crippen LogP contribution >= 0.6 is 11.8 Å². The van der Waals surface area contributed by atoms with Gasteiger partial charge in [-0.25, -0.2) is 4.98 Å². The fraction of sp³-hybridized carbons (Fsp3) is 0.190. The van der Waals surface area contributed by atoms with Crippen molar-refractivity contribution in [3.63, 3.8) is 0 Å². The molecule has 142 valence electrons. The fourth-order valence-electron chi connectivity index (χ4n) is 2.93. The van der Waals surface area contributed by atoms with E-state index < -0.39 is 5.25 Å². The topological polar surface area (TPSA) is 84.2 Å². The molecule has 0 saturated heterocycles. The van der Waals surface area contributed by atoms with Crippen LogP contribution in [0, 0.1) is 13.8 Å². The number of nitrogens with zero attached hydrogens (tertiary/aromatic N) is 1. The summed E-state index contributed by atoms with van der Waals surface area (Å²) in [6.07, 6.45) is 0.0896. The first-order valence-electron chi connectivity index (χ1n) is 8.90. The lowest BCUT2D eigenvalue weighted by Gasteiger charge is -2.23. The molecule has 2 aromatic carbocycles. The Bertz CT molecular complexity index is 1040. The quantitative estimate of drug-likeness (QED) is 0.686. The summed E-state index contributed by atoms with van der Waals surface area (Å²) in [5.41, 5.74) is 3.05. The molecule has 0 bridgehead atoms. The number of oxazole rings is 1. The molecule has 0 aliphatic carbocycles. The molecule has 2 N–H and O–H groups in total. The average molecular weight is 393 g/mol. The van der Waals surface area contributed by atoms with Crippen molar-refractivity contribution in [2.24, 2.45) is 0 Å². The van der Waals surface area contributed by atoms with Crippen molar-refractivity contribution < 1.29 is 14.0 Å². The maximum Gasteiger partial charge on any atom is 0.238 e. The minimum absolute atomic E-state index is 0.0896. The first-order chi connectivity index (χ1) is 13.5. The molecule has 1 aliphatic rings. The maximum absolute atomic E-state index is 12.5. The molecule has 28 heavy (non-hydrogen) atoms. The van der Waals surface area contributed by atoms with Crippen LogP contribution in [0.1, 0.15) is 17.9 Å². The van der Waals surface area contributed by atoms with Crippen molar-refractivity contribution in [2.75, 3.05) is 10.6 Å². The number of para-hydroxylation sites is 1. The fourth-order valence-corrected chi connectivity index (χ4v) is 4.04. The van der Waals surface area contributed by atoms with Crippen molar-refractivity contribution in [1.82, 2.24) is 4.98 Å². The van der Waals surface area contributed by atoms with Crippen LogP contribution in [0.3, 0.4) is 0 Å². The highest BCUT2D eigenvalue weighted by Crippen LogP contribution is 2.36. The number of fused-ring (bicyclic) bond motifs is 1. The Morgan fingerprint density at radius 1 is 1.21 bits per heavy atom. The van der Waals surface area contributed by atoms with Crippen LogP contribution < -0.4 is 10.6 Å². The number of amides is 2. The maximum atomic E-state index is 12.5. The van der Waals surface area contributed by atoms with Crippen LogP contribution in [0.15, 0.2) is 57.8 Å².